The van der Waals surface area contributed by atoms with E-state index in [4.69, 9.17) is 5.73 Å². The summed E-state index contributed by atoms with van der Waals surface area (Å²) < 4.78 is 0. The Morgan fingerprint density at radius 1 is 1.25 bits per heavy atom. The van der Waals surface area contributed by atoms with Crippen LogP contribution in [-0.2, 0) is 0 Å². The molecule has 88 valence electrons. The zero-order valence-corrected chi connectivity index (χ0v) is 10.2. The highest BCUT2D eigenvalue weighted by molar-refractivity contribution is 5.53. The molecular weight excluding hydrogens is 198 g/mol. The number of aromatic nitrogens is 1. The van der Waals surface area contributed by atoms with Gasteiger partial charge >= 0.3 is 0 Å². The second-order valence-electron chi connectivity index (χ2n) is 5.48. The third-order valence-corrected chi connectivity index (χ3v) is 3.45. The number of nitrogen functional groups attached to an aromatic ring is 1. The Labute approximate surface area is 97.7 Å². The number of hydrogen-bond acceptors (Lipinski definition) is 3. The van der Waals surface area contributed by atoms with E-state index in [9.17, 15) is 0 Å². The molecule has 2 rings (SSSR count). The van der Waals surface area contributed by atoms with Crippen molar-refractivity contribution in [3.8, 4) is 0 Å². The van der Waals surface area contributed by atoms with E-state index in [0.717, 1.165) is 24.5 Å². The summed E-state index contributed by atoms with van der Waals surface area (Å²) in [6.45, 7) is 6.94. The first-order valence-electron chi connectivity index (χ1n) is 6.02. The molecule has 1 aliphatic heterocycles. The minimum absolute atomic E-state index is 0.475. The maximum absolute atomic E-state index is 5.77. The van der Waals surface area contributed by atoms with Gasteiger partial charge in [-0.1, -0.05) is 13.8 Å². The lowest BCUT2D eigenvalue weighted by molar-refractivity contribution is 0.325. The molecule has 1 aromatic rings. The van der Waals surface area contributed by atoms with Gasteiger partial charge in [0.2, 0.25) is 0 Å². The summed E-state index contributed by atoms with van der Waals surface area (Å²) in [4.78, 5) is 6.56. The molecule has 0 unspecified atom stereocenters. The Bertz CT molecular complexity index is 360. The molecule has 0 atom stereocenters. The number of hydrogen-bond donors (Lipinski definition) is 1. The van der Waals surface area contributed by atoms with Crippen LogP contribution in [0.25, 0.3) is 0 Å². The van der Waals surface area contributed by atoms with Gasteiger partial charge in [-0.05, 0) is 30.7 Å². The van der Waals surface area contributed by atoms with Crippen molar-refractivity contribution in [2.45, 2.75) is 33.1 Å². The molecule has 0 saturated carbocycles. The average molecular weight is 219 g/mol. The maximum atomic E-state index is 5.77. The van der Waals surface area contributed by atoms with E-state index in [0.29, 0.717) is 5.41 Å². The van der Waals surface area contributed by atoms with Gasteiger partial charge in [0, 0.05) is 19.3 Å². The van der Waals surface area contributed by atoms with Crippen LogP contribution in [0.4, 0.5) is 11.4 Å². The second-order valence-corrected chi connectivity index (χ2v) is 5.48. The van der Waals surface area contributed by atoms with Crippen molar-refractivity contribution in [2.75, 3.05) is 23.7 Å². The largest absolute Gasteiger partial charge is 0.397 e. The minimum Gasteiger partial charge on any atom is -0.397 e. The van der Waals surface area contributed by atoms with Crippen molar-refractivity contribution in [3.05, 3.63) is 18.5 Å². The molecule has 0 aromatic carbocycles. The highest BCUT2D eigenvalue weighted by Crippen LogP contribution is 2.31. The lowest BCUT2D eigenvalue weighted by Crippen LogP contribution is -2.25. The monoisotopic (exact) mass is 219 g/mol. The van der Waals surface area contributed by atoms with Crippen LogP contribution < -0.4 is 10.6 Å². The summed E-state index contributed by atoms with van der Waals surface area (Å²) in [5, 5.41) is 0. The molecule has 3 nitrogen and oxygen atoms in total. The van der Waals surface area contributed by atoms with E-state index in [1.165, 1.54) is 19.3 Å². The predicted molar refractivity (Wildman–Crippen MR) is 68.5 cm³/mol. The maximum Gasteiger partial charge on any atom is 0.0573 e. The topological polar surface area (TPSA) is 42.2 Å². The fourth-order valence-corrected chi connectivity index (χ4v) is 2.30. The van der Waals surface area contributed by atoms with Crippen molar-refractivity contribution in [3.63, 3.8) is 0 Å². The van der Waals surface area contributed by atoms with E-state index >= 15 is 0 Å². The molecule has 0 spiro atoms. The van der Waals surface area contributed by atoms with E-state index in [2.05, 4.69) is 23.7 Å². The van der Waals surface area contributed by atoms with Gasteiger partial charge in [0.1, 0.15) is 0 Å². The normalized spacial score (nSPS) is 20.5. The van der Waals surface area contributed by atoms with Crippen molar-refractivity contribution >= 4 is 11.4 Å². The summed E-state index contributed by atoms with van der Waals surface area (Å²) in [7, 11) is 0. The first kappa shape index (κ1) is 11.2. The fourth-order valence-electron chi connectivity index (χ4n) is 2.30. The zero-order valence-electron chi connectivity index (χ0n) is 10.2. The summed E-state index contributed by atoms with van der Waals surface area (Å²) in [6.07, 6.45) is 7.41. The Balaban J connectivity index is 2.11. The third-order valence-electron chi connectivity index (χ3n) is 3.45. The van der Waals surface area contributed by atoms with Gasteiger partial charge < -0.3 is 10.6 Å². The fraction of sp³-hybridized carbons (Fsp3) is 0.615. The van der Waals surface area contributed by atoms with Crippen LogP contribution in [0.5, 0.6) is 0 Å². The number of nitrogens with zero attached hydrogens (tertiary/aromatic N) is 2. The lowest BCUT2D eigenvalue weighted by atomic mass is 9.85. The van der Waals surface area contributed by atoms with E-state index in [1.807, 2.05) is 12.3 Å². The Kier molecular flexibility index (Phi) is 3.03. The second kappa shape index (κ2) is 4.32. The van der Waals surface area contributed by atoms with Gasteiger partial charge in [-0.25, -0.2) is 0 Å². The molecule has 1 aromatic heterocycles. The third kappa shape index (κ3) is 2.65. The van der Waals surface area contributed by atoms with E-state index in [-0.39, 0.29) is 0 Å². The van der Waals surface area contributed by atoms with E-state index in [1.54, 1.807) is 6.20 Å². The molecule has 1 saturated heterocycles. The van der Waals surface area contributed by atoms with Gasteiger partial charge in [0.05, 0.1) is 17.6 Å². The highest BCUT2D eigenvalue weighted by atomic mass is 15.1. The quantitative estimate of drug-likeness (QED) is 0.789. The van der Waals surface area contributed by atoms with Crippen LogP contribution in [0, 0.1) is 5.41 Å². The molecule has 3 heteroatoms. The van der Waals surface area contributed by atoms with Crippen LogP contribution in [0.3, 0.4) is 0 Å². The van der Waals surface area contributed by atoms with Crippen LogP contribution in [0.2, 0.25) is 0 Å². The van der Waals surface area contributed by atoms with Gasteiger partial charge in [0.15, 0.2) is 0 Å². The highest BCUT2D eigenvalue weighted by Gasteiger charge is 2.23. The van der Waals surface area contributed by atoms with Gasteiger partial charge in [-0.3, -0.25) is 4.98 Å². The Morgan fingerprint density at radius 3 is 2.81 bits per heavy atom. The van der Waals surface area contributed by atoms with E-state index < -0.39 is 0 Å². The summed E-state index contributed by atoms with van der Waals surface area (Å²) in [5.41, 5.74) is 8.16. The first-order valence-corrected chi connectivity index (χ1v) is 6.02. The molecule has 1 fully saturated rings. The minimum atomic E-state index is 0.475. The molecule has 16 heavy (non-hydrogen) atoms. The molecule has 2 heterocycles. The van der Waals surface area contributed by atoms with Crippen molar-refractivity contribution in [1.29, 1.82) is 0 Å². The Hall–Kier alpha value is -1.25. The molecule has 0 amide bonds. The number of pyridine rings is 1. The smallest absolute Gasteiger partial charge is 0.0573 e. The SMILES string of the molecule is CC1(C)CCCN(c2cncc(N)c2)CC1. The summed E-state index contributed by atoms with van der Waals surface area (Å²) >= 11 is 0. The molecule has 2 N–H and O–H groups in total. The van der Waals surface area contributed by atoms with Gasteiger partial charge in [0.25, 0.3) is 0 Å². The van der Waals surface area contributed by atoms with Crippen LogP contribution >= 0.6 is 0 Å². The molecule has 0 radical (unpaired) electrons. The zero-order chi connectivity index (χ0) is 11.6. The Morgan fingerprint density at radius 2 is 2.06 bits per heavy atom. The lowest BCUT2D eigenvalue weighted by Gasteiger charge is -2.24. The van der Waals surface area contributed by atoms with Crippen LogP contribution in [0.15, 0.2) is 18.5 Å². The van der Waals surface area contributed by atoms with Crippen LogP contribution in [0.1, 0.15) is 33.1 Å². The molecule has 0 bridgehead atoms. The number of nitrogens with two attached hydrogens (primary N) is 1. The van der Waals surface area contributed by atoms with Crippen LogP contribution in [-0.4, -0.2) is 18.1 Å². The summed E-state index contributed by atoms with van der Waals surface area (Å²) in [6, 6.07) is 2.02. The number of rotatable bonds is 1. The molecular formula is C13H21N3. The van der Waals surface area contributed by atoms with Gasteiger partial charge in [-0.15, -0.1) is 0 Å². The van der Waals surface area contributed by atoms with Crippen molar-refractivity contribution in [2.24, 2.45) is 5.41 Å². The average Bonchev–Trinajstić information content (AvgIpc) is 2.39. The first-order chi connectivity index (χ1) is 7.57. The van der Waals surface area contributed by atoms with Crippen molar-refractivity contribution < 1.29 is 0 Å². The predicted octanol–water partition coefficient (Wildman–Crippen LogP) is 2.68. The molecule has 0 aliphatic carbocycles. The standard InChI is InChI=1S/C13H21N3/c1-13(2)4-3-6-16(7-5-13)12-8-11(14)9-15-10-12/h8-10H,3-7,14H2,1-2H3. The van der Waals surface area contributed by atoms with Gasteiger partial charge in [-0.2, -0.15) is 0 Å². The number of anilines is 2. The van der Waals surface area contributed by atoms with Crippen molar-refractivity contribution in [1.82, 2.24) is 4.98 Å². The summed E-state index contributed by atoms with van der Waals surface area (Å²) in [5.74, 6) is 0. The molecule has 1 aliphatic rings.